The fraction of sp³-hybridized carbons (Fsp3) is 0.389. The van der Waals surface area contributed by atoms with Crippen molar-refractivity contribution in [2.24, 2.45) is 0 Å². The first-order chi connectivity index (χ1) is 11.6. The minimum Gasteiger partial charge on any atom is -0.368 e. The number of ether oxygens (including phenoxy) is 1. The maximum absolute atomic E-state index is 12.8. The number of nitrogens with zero attached hydrogens (tertiary/aromatic N) is 4. The SMILES string of the molecule is Cc1ncccc1C(=O)N1CCO[C@H](c2cccc(N(C)C)n2)C1. The van der Waals surface area contributed by atoms with E-state index in [-0.39, 0.29) is 12.0 Å². The van der Waals surface area contributed by atoms with Gasteiger partial charge in [-0.2, -0.15) is 0 Å². The van der Waals surface area contributed by atoms with Crippen LogP contribution in [0.3, 0.4) is 0 Å². The van der Waals surface area contributed by atoms with Gasteiger partial charge in [0.15, 0.2) is 0 Å². The Morgan fingerprint density at radius 3 is 2.88 bits per heavy atom. The van der Waals surface area contributed by atoms with E-state index in [1.165, 1.54) is 0 Å². The molecule has 0 aliphatic carbocycles. The molecule has 2 aromatic rings. The first-order valence-corrected chi connectivity index (χ1v) is 8.03. The third-order valence-corrected chi connectivity index (χ3v) is 4.14. The molecule has 3 heterocycles. The molecular formula is C18H22N4O2. The molecule has 0 radical (unpaired) electrons. The van der Waals surface area contributed by atoms with Crippen LogP contribution in [0.2, 0.25) is 0 Å². The summed E-state index contributed by atoms with van der Waals surface area (Å²) < 4.78 is 5.85. The summed E-state index contributed by atoms with van der Waals surface area (Å²) in [5.74, 6) is 0.875. The van der Waals surface area contributed by atoms with Crippen molar-refractivity contribution in [2.45, 2.75) is 13.0 Å². The van der Waals surface area contributed by atoms with Crippen molar-refractivity contribution >= 4 is 11.7 Å². The maximum atomic E-state index is 12.8. The second kappa shape index (κ2) is 6.97. The Balaban J connectivity index is 1.78. The summed E-state index contributed by atoms with van der Waals surface area (Å²) in [6, 6.07) is 9.47. The number of aromatic nitrogens is 2. The summed E-state index contributed by atoms with van der Waals surface area (Å²) in [5, 5.41) is 0. The number of hydrogen-bond acceptors (Lipinski definition) is 5. The molecule has 0 spiro atoms. The average Bonchev–Trinajstić information content (AvgIpc) is 2.62. The second-order valence-corrected chi connectivity index (χ2v) is 6.06. The lowest BCUT2D eigenvalue weighted by Gasteiger charge is -2.33. The molecule has 2 aromatic heterocycles. The van der Waals surface area contributed by atoms with Crippen molar-refractivity contribution in [1.82, 2.24) is 14.9 Å². The van der Waals surface area contributed by atoms with E-state index in [2.05, 4.69) is 9.97 Å². The predicted molar refractivity (Wildman–Crippen MR) is 92.1 cm³/mol. The van der Waals surface area contributed by atoms with Crippen molar-refractivity contribution < 1.29 is 9.53 Å². The van der Waals surface area contributed by atoms with Crippen LogP contribution in [0.1, 0.15) is 27.8 Å². The summed E-state index contributed by atoms with van der Waals surface area (Å²) in [5.41, 5.74) is 2.24. The molecule has 24 heavy (non-hydrogen) atoms. The zero-order valence-electron chi connectivity index (χ0n) is 14.3. The van der Waals surface area contributed by atoms with Crippen LogP contribution in [-0.2, 0) is 4.74 Å². The summed E-state index contributed by atoms with van der Waals surface area (Å²) in [4.78, 5) is 25.4. The molecule has 1 aliphatic rings. The summed E-state index contributed by atoms with van der Waals surface area (Å²) in [7, 11) is 3.91. The number of carbonyl (C=O) groups excluding carboxylic acids is 1. The molecule has 0 bridgehead atoms. The van der Waals surface area contributed by atoms with E-state index >= 15 is 0 Å². The van der Waals surface area contributed by atoms with Crippen molar-refractivity contribution in [3.05, 3.63) is 53.5 Å². The number of hydrogen-bond donors (Lipinski definition) is 0. The van der Waals surface area contributed by atoms with Crippen LogP contribution in [0.4, 0.5) is 5.82 Å². The minimum atomic E-state index is -0.209. The largest absolute Gasteiger partial charge is 0.368 e. The molecule has 3 rings (SSSR count). The fourth-order valence-electron chi connectivity index (χ4n) is 2.76. The molecule has 1 saturated heterocycles. The van der Waals surface area contributed by atoms with Gasteiger partial charge in [0.05, 0.1) is 24.4 Å². The van der Waals surface area contributed by atoms with Crippen molar-refractivity contribution in [2.75, 3.05) is 38.7 Å². The highest BCUT2D eigenvalue weighted by Gasteiger charge is 2.28. The normalized spacial score (nSPS) is 17.6. The number of carbonyl (C=O) groups is 1. The van der Waals surface area contributed by atoms with Crippen LogP contribution in [0, 0.1) is 6.92 Å². The van der Waals surface area contributed by atoms with Gasteiger partial charge in [-0.1, -0.05) is 6.07 Å². The number of pyridine rings is 2. The van der Waals surface area contributed by atoms with Gasteiger partial charge in [0.25, 0.3) is 5.91 Å². The predicted octanol–water partition coefficient (Wildman–Crippen LogP) is 2.06. The molecular weight excluding hydrogens is 304 g/mol. The highest BCUT2D eigenvalue weighted by molar-refractivity contribution is 5.95. The smallest absolute Gasteiger partial charge is 0.255 e. The van der Waals surface area contributed by atoms with E-state index in [1.807, 2.05) is 55.1 Å². The standard InChI is InChI=1S/C18H22N4O2/c1-13-14(6-5-9-19-13)18(23)22-10-11-24-16(12-22)15-7-4-8-17(20-15)21(2)3/h4-9,16H,10-12H2,1-3H3/t16-/m0/s1. The maximum Gasteiger partial charge on any atom is 0.255 e. The molecule has 1 amide bonds. The lowest BCUT2D eigenvalue weighted by atomic mass is 10.1. The van der Waals surface area contributed by atoms with Crippen LogP contribution in [0.15, 0.2) is 36.5 Å². The van der Waals surface area contributed by atoms with Crippen molar-refractivity contribution in [1.29, 1.82) is 0 Å². The Kier molecular flexibility index (Phi) is 4.76. The van der Waals surface area contributed by atoms with Gasteiger partial charge in [0, 0.05) is 32.5 Å². The Hall–Kier alpha value is -2.47. The molecule has 1 aliphatic heterocycles. The second-order valence-electron chi connectivity index (χ2n) is 6.06. The van der Waals surface area contributed by atoms with E-state index in [4.69, 9.17) is 4.74 Å². The average molecular weight is 326 g/mol. The summed E-state index contributed by atoms with van der Waals surface area (Å²) in [6.07, 6.45) is 1.49. The first-order valence-electron chi connectivity index (χ1n) is 8.03. The summed E-state index contributed by atoms with van der Waals surface area (Å²) >= 11 is 0. The van der Waals surface area contributed by atoms with Gasteiger partial charge in [0.1, 0.15) is 11.9 Å². The Labute approximate surface area is 142 Å². The molecule has 0 unspecified atom stereocenters. The molecule has 126 valence electrons. The monoisotopic (exact) mass is 326 g/mol. The highest BCUT2D eigenvalue weighted by Crippen LogP contribution is 2.23. The molecule has 6 nitrogen and oxygen atoms in total. The molecule has 1 fully saturated rings. The van der Waals surface area contributed by atoms with Crippen LogP contribution >= 0.6 is 0 Å². The third-order valence-electron chi connectivity index (χ3n) is 4.14. The zero-order valence-corrected chi connectivity index (χ0v) is 14.3. The van der Waals surface area contributed by atoms with E-state index in [9.17, 15) is 4.79 Å². The topological polar surface area (TPSA) is 58.6 Å². The van der Waals surface area contributed by atoms with Crippen molar-refractivity contribution in [3.8, 4) is 0 Å². The summed E-state index contributed by atoms with van der Waals surface area (Å²) in [6.45, 7) is 3.44. The van der Waals surface area contributed by atoms with E-state index in [0.717, 1.165) is 17.2 Å². The van der Waals surface area contributed by atoms with Gasteiger partial charge in [-0.3, -0.25) is 9.78 Å². The van der Waals surface area contributed by atoms with E-state index < -0.39 is 0 Å². The lowest BCUT2D eigenvalue weighted by molar-refractivity contribution is -0.0247. The van der Waals surface area contributed by atoms with Crippen LogP contribution in [0.25, 0.3) is 0 Å². The van der Waals surface area contributed by atoms with Crippen LogP contribution < -0.4 is 4.90 Å². The third kappa shape index (κ3) is 3.38. The zero-order chi connectivity index (χ0) is 17.1. The van der Waals surface area contributed by atoms with Gasteiger partial charge in [-0.15, -0.1) is 0 Å². The quantitative estimate of drug-likeness (QED) is 0.864. The molecule has 1 atom stereocenters. The molecule has 6 heteroatoms. The van der Waals surface area contributed by atoms with Gasteiger partial charge < -0.3 is 14.5 Å². The van der Waals surface area contributed by atoms with Crippen LogP contribution in [0.5, 0.6) is 0 Å². The van der Waals surface area contributed by atoms with Gasteiger partial charge in [-0.05, 0) is 31.2 Å². The van der Waals surface area contributed by atoms with E-state index in [0.29, 0.717) is 25.3 Å². The molecule has 0 aromatic carbocycles. The number of morpholine rings is 1. The first kappa shape index (κ1) is 16.4. The minimum absolute atomic E-state index is 0.00216. The molecule has 0 saturated carbocycles. The molecule has 0 N–H and O–H groups in total. The van der Waals surface area contributed by atoms with Crippen molar-refractivity contribution in [3.63, 3.8) is 0 Å². The number of aryl methyl sites for hydroxylation is 1. The number of anilines is 1. The number of amides is 1. The lowest BCUT2D eigenvalue weighted by Crippen LogP contribution is -2.42. The van der Waals surface area contributed by atoms with Gasteiger partial charge >= 0.3 is 0 Å². The Bertz CT molecular complexity index is 732. The van der Waals surface area contributed by atoms with Crippen LogP contribution in [-0.4, -0.2) is 54.6 Å². The van der Waals surface area contributed by atoms with E-state index in [1.54, 1.807) is 12.3 Å². The Morgan fingerprint density at radius 2 is 2.12 bits per heavy atom. The van der Waals surface area contributed by atoms with Gasteiger partial charge in [-0.25, -0.2) is 4.98 Å². The fourth-order valence-corrected chi connectivity index (χ4v) is 2.76. The van der Waals surface area contributed by atoms with Gasteiger partial charge in [0.2, 0.25) is 0 Å². The highest BCUT2D eigenvalue weighted by atomic mass is 16.5. The Morgan fingerprint density at radius 1 is 1.29 bits per heavy atom. The number of rotatable bonds is 3.